The SMILES string of the molecule is CCCCCC(=O)/C=C/C=C\CCCCCCCC(=O)OC[C@H](COP(=O)(O)O)OC(C)=O. The van der Waals surface area contributed by atoms with E-state index in [4.69, 9.17) is 19.3 Å². The number of phosphoric acid groups is 1. The van der Waals surface area contributed by atoms with E-state index in [1.807, 2.05) is 12.2 Å². The Hall–Kier alpha value is -1.80. The van der Waals surface area contributed by atoms with E-state index in [9.17, 15) is 18.9 Å². The smallest absolute Gasteiger partial charge is 0.462 e. The van der Waals surface area contributed by atoms with Gasteiger partial charge in [-0.15, -0.1) is 0 Å². The molecule has 0 bridgehead atoms. The van der Waals surface area contributed by atoms with Crippen molar-refractivity contribution in [2.45, 2.75) is 90.6 Å². The number of unbranched alkanes of at least 4 members (excludes halogenated alkanes) is 7. The highest BCUT2D eigenvalue weighted by Crippen LogP contribution is 2.35. The molecule has 0 aromatic rings. The molecular formula is C23H39O9P. The van der Waals surface area contributed by atoms with E-state index in [0.717, 1.165) is 58.3 Å². The number of carbonyl (C=O) groups is 3. The van der Waals surface area contributed by atoms with Crippen molar-refractivity contribution in [3.8, 4) is 0 Å². The number of phosphoric ester groups is 1. The predicted molar refractivity (Wildman–Crippen MR) is 124 cm³/mol. The Kier molecular flexibility index (Phi) is 18.6. The molecule has 0 heterocycles. The molecular weight excluding hydrogens is 451 g/mol. The summed E-state index contributed by atoms with van der Waals surface area (Å²) in [6.45, 7) is 2.34. The van der Waals surface area contributed by atoms with Crippen LogP contribution in [-0.4, -0.2) is 46.8 Å². The van der Waals surface area contributed by atoms with Gasteiger partial charge in [0.2, 0.25) is 0 Å². The van der Waals surface area contributed by atoms with Crippen LogP contribution in [0.2, 0.25) is 0 Å². The fourth-order valence-electron chi connectivity index (χ4n) is 2.82. The summed E-state index contributed by atoms with van der Waals surface area (Å²) in [5.74, 6) is -0.975. The van der Waals surface area contributed by atoms with E-state index < -0.39 is 32.5 Å². The van der Waals surface area contributed by atoms with Gasteiger partial charge in [0.25, 0.3) is 0 Å². The van der Waals surface area contributed by atoms with Gasteiger partial charge < -0.3 is 19.3 Å². The summed E-state index contributed by atoms with van der Waals surface area (Å²) >= 11 is 0. The highest BCUT2D eigenvalue weighted by atomic mass is 31.2. The van der Waals surface area contributed by atoms with E-state index in [1.54, 1.807) is 12.2 Å². The average molecular weight is 491 g/mol. The summed E-state index contributed by atoms with van der Waals surface area (Å²) in [6.07, 6.45) is 15.8. The second kappa shape index (κ2) is 19.6. The van der Waals surface area contributed by atoms with E-state index in [-0.39, 0.29) is 18.8 Å². The van der Waals surface area contributed by atoms with E-state index in [2.05, 4.69) is 11.4 Å². The van der Waals surface area contributed by atoms with Crippen LogP contribution in [0.4, 0.5) is 0 Å². The summed E-state index contributed by atoms with van der Waals surface area (Å²) in [6, 6.07) is 0. The molecule has 0 spiro atoms. The van der Waals surface area contributed by atoms with Crippen LogP contribution in [0, 0.1) is 0 Å². The van der Waals surface area contributed by atoms with Crippen LogP contribution in [0.1, 0.15) is 84.5 Å². The molecule has 0 amide bonds. The number of ether oxygens (including phenoxy) is 2. The van der Waals surface area contributed by atoms with E-state index in [1.165, 1.54) is 0 Å². The quantitative estimate of drug-likeness (QED) is 0.0827. The number of ketones is 1. The second-order valence-corrected chi connectivity index (χ2v) is 8.96. The first-order chi connectivity index (χ1) is 15.6. The third-order valence-corrected chi connectivity index (χ3v) is 4.98. The molecule has 33 heavy (non-hydrogen) atoms. The third kappa shape index (κ3) is 23.2. The van der Waals surface area contributed by atoms with Gasteiger partial charge in [0, 0.05) is 19.8 Å². The van der Waals surface area contributed by atoms with Crippen molar-refractivity contribution in [1.82, 2.24) is 0 Å². The van der Waals surface area contributed by atoms with Crippen LogP contribution in [0.3, 0.4) is 0 Å². The van der Waals surface area contributed by atoms with Gasteiger partial charge in [0.15, 0.2) is 11.9 Å². The van der Waals surface area contributed by atoms with Gasteiger partial charge in [-0.25, -0.2) is 4.57 Å². The summed E-state index contributed by atoms with van der Waals surface area (Å²) in [7, 11) is -4.71. The number of esters is 2. The van der Waals surface area contributed by atoms with E-state index >= 15 is 0 Å². The zero-order chi connectivity index (χ0) is 25.0. The van der Waals surface area contributed by atoms with Crippen LogP contribution in [0.25, 0.3) is 0 Å². The zero-order valence-electron chi connectivity index (χ0n) is 19.8. The highest BCUT2D eigenvalue weighted by molar-refractivity contribution is 7.46. The largest absolute Gasteiger partial charge is 0.469 e. The van der Waals surface area contributed by atoms with Gasteiger partial charge in [-0.05, 0) is 31.8 Å². The molecule has 1 atom stereocenters. The van der Waals surface area contributed by atoms with Crippen LogP contribution in [0.15, 0.2) is 24.3 Å². The lowest BCUT2D eigenvalue weighted by Gasteiger charge is -2.17. The molecule has 0 aromatic carbocycles. The lowest BCUT2D eigenvalue weighted by atomic mass is 10.1. The van der Waals surface area contributed by atoms with Crippen LogP contribution >= 0.6 is 7.82 Å². The van der Waals surface area contributed by atoms with Crippen molar-refractivity contribution in [3.63, 3.8) is 0 Å². The van der Waals surface area contributed by atoms with Crippen molar-refractivity contribution in [2.75, 3.05) is 13.2 Å². The minimum absolute atomic E-state index is 0.169. The van der Waals surface area contributed by atoms with Crippen LogP contribution in [0.5, 0.6) is 0 Å². The lowest BCUT2D eigenvalue weighted by molar-refractivity contribution is -0.159. The maximum absolute atomic E-state index is 11.8. The van der Waals surface area contributed by atoms with Gasteiger partial charge in [-0.3, -0.25) is 18.9 Å². The second-order valence-electron chi connectivity index (χ2n) is 7.72. The first-order valence-corrected chi connectivity index (χ1v) is 13.1. The molecule has 190 valence electrons. The number of carbonyl (C=O) groups excluding carboxylic acids is 3. The Balaban J connectivity index is 3.80. The van der Waals surface area contributed by atoms with Gasteiger partial charge in [-0.1, -0.05) is 57.3 Å². The molecule has 9 nitrogen and oxygen atoms in total. The van der Waals surface area contributed by atoms with Gasteiger partial charge in [0.1, 0.15) is 6.61 Å². The molecule has 0 aliphatic rings. The van der Waals surface area contributed by atoms with Crippen molar-refractivity contribution in [2.24, 2.45) is 0 Å². The first kappa shape index (κ1) is 31.2. The summed E-state index contributed by atoms with van der Waals surface area (Å²) in [5, 5.41) is 0. The zero-order valence-corrected chi connectivity index (χ0v) is 20.7. The molecule has 0 aliphatic carbocycles. The number of rotatable bonds is 20. The lowest BCUT2D eigenvalue weighted by Crippen LogP contribution is -2.28. The maximum Gasteiger partial charge on any atom is 0.469 e. The first-order valence-electron chi connectivity index (χ1n) is 11.5. The highest BCUT2D eigenvalue weighted by Gasteiger charge is 2.21. The minimum Gasteiger partial charge on any atom is -0.462 e. The molecule has 0 rings (SSSR count). The topological polar surface area (TPSA) is 136 Å². The van der Waals surface area contributed by atoms with Gasteiger partial charge in [0.05, 0.1) is 6.61 Å². The molecule has 0 fully saturated rings. The Morgan fingerprint density at radius 1 is 0.909 bits per heavy atom. The fourth-order valence-corrected chi connectivity index (χ4v) is 3.18. The molecule has 0 radical (unpaired) electrons. The summed E-state index contributed by atoms with van der Waals surface area (Å²) in [4.78, 5) is 51.8. The standard InChI is InChI=1S/C23H39O9P/c1-3-4-12-15-21(25)16-13-10-8-6-5-7-9-11-14-17-23(26)30-18-22(32-20(2)24)19-31-33(27,28)29/h8,10,13,16,22H,3-7,9,11-12,14-15,17-19H2,1-2H3,(H2,27,28,29)/b10-8-,16-13+/t22-/m1/s1. The third-order valence-electron chi connectivity index (χ3n) is 4.50. The van der Waals surface area contributed by atoms with Gasteiger partial charge >= 0.3 is 19.8 Å². The predicted octanol–water partition coefficient (Wildman–Crippen LogP) is 4.56. The van der Waals surface area contributed by atoms with Crippen LogP contribution in [-0.2, 0) is 32.9 Å². The minimum atomic E-state index is -4.71. The van der Waals surface area contributed by atoms with Crippen molar-refractivity contribution in [3.05, 3.63) is 24.3 Å². The molecule has 0 unspecified atom stereocenters. The van der Waals surface area contributed by atoms with Gasteiger partial charge in [-0.2, -0.15) is 0 Å². The molecule has 0 saturated heterocycles. The fraction of sp³-hybridized carbons (Fsp3) is 0.696. The van der Waals surface area contributed by atoms with Crippen molar-refractivity contribution in [1.29, 1.82) is 0 Å². The Morgan fingerprint density at radius 2 is 1.58 bits per heavy atom. The normalized spacial score (nSPS) is 12.8. The van der Waals surface area contributed by atoms with Crippen LogP contribution < -0.4 is 0 Å². The molecule has 0 saturated carbocycles. The number of allylic oxidation sites excluding steroid dienone is 4. The number of hydrogen-bond donors (Lipinski definition) is 2. The number of hydrogen-bond acceptors (Lipinski definition) is 7. The monoisotopic (exact) mass is 490 g/mol. The Morgan fingerprint density at radius 3 is 2.24 bits per heavy atom. The van der Waals surface area contributed by atoms with E-state index in [0.29, 0.717) is 12.8 Å². The molecule has 10 heteroatoms. The average Bonchev–Trinajstić information content (AvgIpc) is 2.73. The van der Waals surface area contributed by atoms with Crippen molar-refractivity contribution >= 4 is 25.5 Å². The molecule has 0 aromatic heterocycles. The molecule has 2 N–H and O–H groups in total. The maximum atomic E-state index is 11.8. The Bertz CT molecular complexity index is 667. The Labute approximate surface area is 196 Å². The molecule has 0 aliphatic heterocycles. The van der Waals surface area contributed by atoms with Crippen molar-refractivity contribution < 1.29 is 42.7 Å². The summed E-state index contributed by atoms with van der Waals surface area (Å²) in [5.41, 5.74) is 0. The summed E-state index contributed by atoms with van der Waals surface area (Å²) < 4.78 is 24.9.